The zero-order valence-electron chi connectivity index (χ0n) is 20.1. The van der Waals surface area contributed by atoms with Gasteiger partial charge < -0.3 is 0 Å². The van der Waals surface area contributed by atoms with Crippen molar-refractivity contribution < 1.29 is 0 Å². The van der Waals surface area contributed by atoms with Gasteiger partial charge in [0.1, 0.15) is 0 Å². The third-order valence-electron chi connectivity index (χ3n) is 4.63. The highest BCUT2D eigenvalue weighted by Crippen LogP contribution is 2.20. The summed E-state index contributed by atoms with van der Waals surface area (Å²) in [5.41, 5.74) is 7.85. The van der Waals surface area contributed by atoms with Crippen molar-refractivity contribution in [2.24, 2.45) is 0 Å². The molecule has 0 spiro atoms. The lowest BCUT2D eigenvalue weighted by atomic mass is 10.0. The van der Waals surface area contributed by atoms with E-state index in [2.05, 4.69) is 111 Å². The summed E-state index contributed by atoms with van der Waals surface area (Å²) < 4.78 is 0. The van der Waals surface area contributed by atoms with E-state index in [9.17, 15) is 0 Å². The number of hydrogen-bond donors (Lipinski definition) is 0. The third kappa shape index (κ3) is 11.3. The Morgan fingerprint density at radius 1 is 0.424 bits per heavy atom. The molecule has 0 bridgehead atoms. The van der Waals surface area contributed by atoms with Crippen LogP contribution in [-0.4, -0.2) is 0 Å². The topological polar surface area (TPSA) is 0 Å². The van der Waals surface area contributed by atoms with E-state index in [0.717, 1.165) is 6.42 Å². The van der Waals surface area contributed by atoms with Crippen LogP contribution in [0.1, 0.15) is 60.6 Å². The summed E-state index contributed by atoms with van der Waals surface area (Å²) in [6, 6.07) is 38.2. The van der Waals surface area contributed by atoms with Crippen molar-refractivity contribution in [1.82, 2.24) is 0 Å². The number of rotatable bonds is 3. The summed E-state index contributed by atoms with van der Waals surface area (Å²) in [4.78, 5) is 0. The Morgan fingerprint density at radius 2 is 0.727 bits per heavy atom. The van der Waals surface area contributed by atoms with E-state index in [1.807, 2.05) is 39.8 Å². The van der Waals surface area contributed by atoms with Gasteiger partial charge in [-0.05, 0) is 41.2 Å². The first-order valence-corrected chi connectivity index (χ1v) is 11.5. The molecule has 0 aliphatic rings. The maximum absolute atomic E-state index is 2.20. The summed E-state index contributed by atoms with van der Waals surface area (Å²) in [7, 11) is 0. The molecular weight excluding hydrogens is 396 g/mol. The van der Waals surface area contributed by atoms with Crippen molar-refractivity contribution in [2.75, 3.05) is 0 Å². The molecule has 0 saturated heterocycles. The van der Waals surface area contributed by atoms with Crippen molar-refractivity contribution in [3.63, 3.8) is 0 Å². The second-order valence-electron chi connectivity index (χ2n) is 6.65. The van der Waals surface area contributed by atoms with Gasteiger partial charge in [-0.2, -0.15) is 0 Å². The molecule has 33 heavy (non-hydrogen) atoms. The minimum atomic E-state index is 0. The van der Waals surface area contributed by atoms with Crippen LogP contribution in [0.25, 0.3) is 22.3 Å². The molecule has 0 unspecified atom stereocenters. The average Bonchev–Trinajstić information content (AvgIpc) is 2.88. The van der Waals surface area contributed by atoms with Crippen LogP contribution >= 0.6 is 0 Å². The standard InChI is InChI=1S/C15H16.C12H10.2C2H6.2CH4/c1-3-13-6-10-15(11-7-13)14-8-4-12(2)5-9-14;1-3-7-11(8-4-1)12-9-5-2-6-10-12;2*1-2;;/h4-11H,3H2,1-2H3;1-10H;2*1-2H3;2*1H4. The second-order valence-corrected chi connectivity index (χ2v) is 6.65. The zero-order chi connectivity index (χ0) is 22.9. The summed E-state index contributed by atoms with van der Waals surface area (Å²) in [5, 5.41) is 0. The molecule has 4 rings (SSSR count). The smallest absolute Gasteiger partial charge is 0.0184 e. The van der Waals surface area contributed by atoms with Crippen LogP contribution in [0.15, 0.2) is 109 Å². The predicted molar refractivity (Wildman–Crippen MR) is 154 cm³/mol. The fourth-order valence-electron chi connectivity index (χ4n) is 2.94. The van der Waals surface area contributed by atoms with Crippen LogP contribution in [0.5, 0.6) is 0 Å². The van der Waals surface area contributed by atoms with Crippen molar-refractivity contribution in [1.29, 1.82) is 0 Å². The monoisotopic (exact) mass is 442 g/mol. The van der Waals surface area contributed by atoms with Crippen LogP contribution in [0.4, 0.5) is 0 Å². The summed E-state index contributed by atoms with van der Waals surface area (Å²) in [6.07, 6.45) is 1.11. The normalized spacial score (nSPS) is 8.55. The maximum atomic E-state index is 2.20. The summed E-state index contributed by atoms with van der Waals surface area (Å²) >= 11 is 0. The molecule has 0 atom stereocenters. The van der Waals surface area contributed by atoms with Gasteiger partial charge >= 0.3 is 0 Å². The first-order chi connectivity index (χ1) is 15.3. The van der Waals surface area contributed by atoms with Crippen LogP contribution in [0.3, 0.4) is 0 Å². The van der Waals surface area contributed by atoms with Crippen molar-refractivity contribution >= 4 is 0 Å². The highest BCUT2D eigenvalue weighted by atomic mass is 14.0. The Hall–Kier alpha value is -3.12. The second kappa shape index (κ2) is 19.6. The van der Waals surface area contributed by atoms with E-state index in [1.165, 1.54) is 33.4 Å². The lowest BCUT2D eigenvalue weighted by Crippen LogP contribution is -1.81. The van der Waals surface area contributed by atoms with Crippen LogP contribution < -0.4 is 0 Å². The van der Waals surface area contributed by atoms with Gasteiger partial charge in [0.05, 0.1) is 0 Å². The van der Waals surface area contributed by atoms with Crippen LogP contribution in [-0.2, 0) is 6.42 Å². The minimum absolute atomic E-state index is 0. The molecule has 0 aliphatic carbocycles. The molecule has 0 heteroatoms. The van der Waals surface area contributed by atoms with Crippen molar-refractivity contribution in [3.05, 3.63) is 120 Å². The minimum Gasteiger partial charge on any atom is -0.0776 e. The SMILES string of the molecule is C.C.CC.CC.CCc1ccc(-c2ccc(C)cc2)cc1.c1ccc(-c2ccccc2)cc1. The van der Waals surface area contributed by atoms with Crippen LogP contribution in [0.2, 0.25) is 0 Å². The molecular formula is C33H46. The van der Waals surface area contributed by atoms with E-state index >= 15 is 0 Å². The van der Waals surface area contributed by atoms with E-state index < -0.39 is 0 Å². The predicted octanol–water partition coefficient (Wildman–Crippen LogP) is 10.9. The molecule has 0 amide bonds. The Balaban J connectivity index is 0. The Morgan fingerprint density at radius 3 is 1.06 bits per heavy atom. The Bertz CT molecular complexity index is 881. The van der Waals surface area contributed by atoms with Gasteiger partial charge in [0.2, 0.25) is 0 Å². The lowest BCUT2D eigenvalue weighted by molar-refractivity contribution is 1.14. The van der Waals surface area contributed by atoms with Crippen LogP contribution in [0, 0.1) is 6.92 Å². The molecule has 0 nitrogen and oxygen atoms in total. The number of hydrogen-bond acceptors (Lipinski definition) is 0. The first-order valence-electron chi connectivity index (χ1n) is 11.5. The van der Waals surface area contributed by atoms with Gasteiger partial charge in [-0.15, -0.1) is 0 Å². The Labute approximate surface area is 205 Å². The third-order valence-corrected chi connectivity index (χ3v) is 4.63. The molecule has 0 saturated carbocycles. The molecule has 0 aliphatic heterocycles. The van der Waals surface area contributed by atoms with Gasteiger partial charge in [-0.25, -0.2) is 0 Å². The Kier molecular flexibility index (Phi) is 19.0. The lowest BCUT2D eigenvalue weighted by Gasteiger charge is -2.03. The highest BCUT2D eigenvalue weighted by molar-refractivity contribution is 5.64. The molecule has 0 heterocycles. The van der Waals surface area contributed by atoms with E-state index in [-0.39, 0.29) is 14.9 Å². The number of benzene rings is 4. The maximum Gasteiger partial charge on any atom is -0.0184 e. The number of aryl methyl sites for hydroxylation is 2. The molecule has 4 aromatic rings. The van der Waals surface area contributed by atoms with E-state index in [1.54, 1.807) is 0 Å². The molecule has 0 aromatic heterocycles. The van der Waals surface area contributed by atoms with E-state index in [0.29, 0.717) is 0 Å². The molecule has 178 valence electrons. The first kappa shape index (κ1) is 32.1. The summed E-state index contributed by atoms with van der Waals surface area (Å²) in [6.45, 7) is 12.3. The van der Waals surface area contributed by atoms with Gasteiger partial charge in [0, 0.05) is 0 Å². The summed E-state index contributed by atoms with van der Waals surface area (Å²) in [5.74, 6) is 0. The van der Waals surface area contributed by atoms with Gasteiger partial charge in [-0.1, -0.05) is 164 Å². The average molecular weight is 443 g/mol. The molecule has 0 radical (unpaired) electrons. The fourth-order valence-corrected chi connectivity index (χ4v) is 2.94. The molecule has 0 N–H and O–H groups in total. The van der Waals surface area contributed by atoms with Crippen molar-refractivity contribution in [3.8, 4) is 22.3 Å². The van der Waals surface area contributed by atoms with Gasteiger partial charge in [-0.3, -0.25) is 0 Å². The zero-order valence-corrected chi connectivity index (χ0v) is 20.1. The van der Waals surface area contributed by atoms with Crippen molar-refractivity contribution in [2.45, 2.75) is 62.8 Å². The van der Waals surface area contributed by atoms with E-state index in [4.69, 9.17) is 0 Å². The fraction of sp³-hybridized carbons (Fsp3) is 0.273. The largest absolute Gasteiger partial charge is 0.0776 e. The molecule has 0 fully saturated rings. The highest BCUT2D eigenvalue weighted by Gasteiger charge is 1.96. The van der Waals surface area contributed by atoms with Gasteiger partial charge in [0.25, 0.3) is 0 Å². The molecule has 4 aromatic carbocycles. The van der Waals surface area contributed by atoms with Gasteiger partial charge in [0.15, 0.2) is 0 Å². The quantitative estimate of drug-likeness (QED) is 0.296.